The number of hydrogen-bond acceptors (Lipinski definition) is 5. The van der Waals surface area contributed by atoms with E-state index < -0.39 is 0 Å². The lowest BCUT2D eigenvalue weighted by Crippen LogP contribution is -2.42. The molecule has 0 aromatic rings. The highest BCUT2D eigenvalue weighted by atomic mass is 16.5. The van der Waals surface area contributed by atoms with Gasteiger partial charge in [-0.25, -0.2) is 5.01 Å². The lowest BCUT2D eigenvalue weighted by Gasteiger charge is -2.29. The van der Waals surface area contributed by atoms with Crippen molar-refractivity contribution in [3.05, 3.63) is 23.7 Å². The van der Waals surface area contributed by atoms with Gasteiger partial charge in [0, 0.05) is 12.5 Å². The van der Waals surface area contributed by atoms with Crippen molar-refractivity contribution in [1.29, 1.82) is 0 Å². The van der Waals surface area contributed by atoms with Crippen LogP contribution in [0.3, 0.4) is 0 Å². The number of rotatable bonds is 8. The lowest BCUT2D eigenvalue weighted by molar-refractivity contribution is 0.0556. The van der Waals surface area contributed by atoms with E-state index in [4.69, 9.17) is 15.7 Å². The first-order chi connectivity index (χ1) is 9.12. The summed E-state index contributed by atoms with van der Waals surface area (Å²) in [4.78, 5) is 0. The fraction of sp³-hybridized carbons (Fsp3) is 0.714. The van der Waals surface area contributed by atoms with Gasteiger partial charge in [-0.1, -0.05) is 19.9 Å². The molecule has 5 heteroatoms. The molecular weight excluding hydrogens is 244 g/mol. The minimum Gasteiger partial charge on any atom is -0.504 e. The number of aliphatic hydroxyl groups excluding tert-OH is 2. The van der Waals surface area contributed by atoms with Crippen LogP contribution in [0.2, 0.25) is 0 Å². The topological polar surface area (TPSA) is 79.0 Å². The first kappa shape index (κ1) is 16.0. The van der Waals surface area contributed by atoms with E-state index in [1.54, 1.807) is 6.08 Å². The molecule has 1 rings (SSSR count). The Morgan fingerprint density at radius 2 is 2.26 bits per heavy atom. The average Bonchev–Trinajstić information content (AvgIpc) is 2.44. The Labute approximate surface area is 115 Å². The molecule has 19 heavy (non-hydrogen) atoms. The van der Waals surface area contributed by atoms with Crippen molar-refractivity contribution in [2.75, 3.05) is 13.3 Å². The van der Waals surface area contributed by atoms with E-state index in [9.17, 15) is 5.11 Å². The molecule has 0 fully saturated rings. The van der Waals surface area contributed by atoms with E-state index in [1.807, 2.05) is 13.0 Å². The van der Waals surface area contributed by atoms with Crippen molar-refractivity contribution in [3.63, 3.8) is 0 Å². The van der Waals surface area contributed by atoms with Gasteiger partial charge in [-0.15, -0.1) is 0 Å². The second-order valence-corrected chi connectivity index (χ2v) is 4.93. The van der Waals surface area contributed by atoms with Crippen LogP contribution in [0.15, 0.2) is 23.7 Å². The predicted molar refractivity (Wildman–Crippen MR) is 75.0 cm³/mol. The number of hydrogen-bond donors (Lipinski definition) is 3. The highest BCUT2D eigenvalue weighted by Gasteiger charge is 2.22. The molecule has 5 nitrogen and oxygen atoms in total. The molecule has 0 aliphatic heterocycles. The Balaban J connectivity index is 2.56. The third-order valence-corrected chi connectivity index (χ3v) is 3.42. The van der Waals surface area contributed by atoms with Gasteiger partial charge in [-0.05, 0) is 31.3 Å². The molecule has 0 radical (unpaired) electrons. The van der Waals surface area contributed by atoms with Crippen molar-refractivity contribution < 1.29 is 14.9 Å². The zero-order valence-corrected chi connectivity index (χ0v) is 11.9. The van der Waals surface area contributed by atoms with Crippen LogP contribution in [-0.4, -0.2) is 34.6 Å². The average molecular weight is 270 g/mol. The third-order valence-electron chi connectivity index (χ3n) is 3.42. The molecule has 0 saturated carbocycles. The maximum absolute atomic E-state index is 9.75. The van der Waals surface area contributed by atoms with E-state index >= 15 is 0 Å². The number of nitrogens with two attached hydrogens (primary N) is 1. The molecule has 0 heterocycles. The predicted octanol–water partition coefficient (Wildman–Crippen LogP) is 2.05. The van der Waals surface area contributed by atoms with E-state index in [0.717, 1.165) is 19.3 Å². The summed E-state index contributed by atoms with van der Waals surface area (Å²) < 4.78 is 5.56. The van der Waals surface area contributed by atoms with E-state index in [2.05, 4.69) is 6.92 Å². The van der Waals surface area contributed by atoms with Crippen molar-refractivity contribution in [1.82, 2.24) is 5.01 Å². The number of nitrogens with zero attached hydrogens (tertiary/aromatic N) is 1. The molecule has 0 bridgehead atoms. The van der Waals surface area contributed by atoms with Crippen LogP contribution >= 0.6 is 0 Å². The van der Waals surface area contributed by atoms with E-state index in [1.165, 1.54) is 5.01 Å². The Morgan fingerprint density at radius 3 is 2.84 bits per heavy atom. The number of allylic oxidation sites excluding steroid dienone is 3. The number of ether oxygens (including phenoxy) is 1. The van der Waals surface area contributed by atoms with Crippen LogP contribution in [-0.2, 0) is 4.74 Å². The molecule has 0 aromatic heterocycles. The van der Waals surface area contributed by atoms with Crippen LogP contribution < -0.4 is 5.84 Å². The maximum atomic E-state index is 9.75. The molecule has 2 atom stereocenters. The fourth-order valence-corrected chi connectivity index (χ4v) is 2.25. The van der Waals surface area contributed by atoms with Gasteiger partial charge in [0.25, 0.3) is 0 Å². The Bertz CT molecular complexity index is 329. The summed E-state index contributed by atoms with van der Waals surface area (Å²) in [5.74, 6) is 6.93. The monoisotopic (exact) mass is 270 g/mol. The van der Waals surface area contributed by atoms with Crippen molar-refractivity contribution in [2.45, 2.75) is 45.6 Å². The molecule has 1 aliphatic carbocycles. The molecule has 0 amide bonds. The summed E-state index contributed by atoms with van der Waals surface area (Å²) in [5.41, 5.74) is 0. The summed E-state index contributed by atoms with van der Waals surface area (Å²) in [6.45, 7) is 4.56. The summed E-state index contributed by atoms with van der Waals surface area (Å²) in [7, 11) is 0. The normalized spacial score (nSPS) is 21.0. The van der Waals surface area contributed by atoms with Crippen LogP contribution in [0.5, 0.6) is 0 Å². The van der Waals surface area contributed by atoms with Crippen molar-refractivity contribution in [3.8, 4) is 0 Å². The fourth-order valence-electron chi connectivity index (χ4n) is 2.25. The Morgan fingerprint density at radius 1 is 1.53 bits per heavy atom. The quantitative estimate of drug-likeness (QED) is 0.357. The van der Waals surface area contributed by atoms with Gasteiger partial charge in [0.1, 0.15) is 12.5 Å². The first-order valence-corrected chi connectivity index (χ1v) is 6.97. The zero-order chi connectivity index (χ0) is 14.3. The third kappa shape index (κ3) is 4.86. The Kier molecular flexibility index (Phi) is 6.91. The van der Waals surface area contributed by atoms with E-state index in [0.29, 0.717) is 18.8 Å². The van der Waals surface area contributed by atoms with Crippen molar-refractivity contribution >= 4 is 0 Å². The van der Waals surface area contributed by atoms with Gasteiger partial charge in [-0.2, -0.15) is 0 Å². The minimum absolute atomic E-state index is 0.132. The second kappa shape index (κ2) is 8.19. The molecule has 0 aromatic carbocycles. The maximum Gasteiger partial charge on any atom is 0.152 e. The molecule has 4 N–H and O–H groups in total. The lowest BCUT2D eigenvalue weighted by atomic mass is 9.90. The smallest absolute Gasteiger partial charge is 0.152 e. The number of aliphatic hydroxyl groups is 2. The molecule has 2 unspecified atom stereocenters. The van der Waals surface area contributed by atoms with Gasteiger partial charge >= 0.3 is 0 Å². The molecule has 0 spiro atoms. The SMILES string of the molecule is CCCOC1=C(O)C=CC(CC(CC)N(N)CO)C1. The van der Waals surface area contributed by atoms with Crippen LogP contribution in [0.25, 0.3) is 0 Å². The number of hydrazine groups is 1. The summed E-state index contributed by atoms with van der Waals surface area (Å²) in [5, 5.41) is 20.3. The minimum atomic E-state index is -0.144. The molecular formula is C14H26N2O3. The summed E-state index contributed by atoms with van der Waals surface area (Å²) in [6, 6.07) is 0.132. The summed E-state index contributed by atoms with van der Waals surface area (Å²) >= 11 is 0. The first-order valence-electron chi connectivity index (χ1n) is 6.97. The van der Waals surface area contributed by atoms with Gasteiger partial charge < -0.3 is 14.9 Å². The van der Waals surface area contributed by atoms with E-state index in [-0.39, 0.29) is 24.4 Å². The molecule has 0 saturated heterocycles. The van der Waals surface area contributed by atoms with Crippen LogP contribution in [0, 0.1) is 5.92 Å². The second-order valence-electron chi connectivity index (χ2n) is 4.93. The van der Waals surface area contributed by atoms with Crippen molar-refractivity contribution in [2.24, 2.45) is 11.8 Å². The van der Waals surface area contributed by atoms with Gasteiger partial charge in [0.05, 0.1) is 6.61 Å². The Hall–Kier alpha value is -1.04. The van der Waals surface area contributed by atoms with Gasteiger partial charge in [0.15, 0.2) is 5.76 Å². The largest absolute Gasteiger partial charge is 0.504 e. The molecule has 110 valence electrons. The highest BCUT2D eigenvalue weighted by Crippen LogP contribution is 2.28. The van der Waals surface area contributed by atoms with Crippen LogP contribution in [0.1, 0.15) is 39.5 Å². The highest BCUT2D eigenvalue weighted by molar-refractivity contribution is 5.21. The zero-order valence-electron chi connectivity index (χ0n) is 11.9. The molecule has 1 aliphatic rings. The van der Waals surface area contributed by atoms with Gasteiger partial charge in [-0.3, -0.25) is 5.84 Å². The van der Waals surface area contributed by atoms with Gasteiger partial charge in [0.2, 0.25) is 0 Å². The summed E-state index contributed by atoms with van der Waals surface area (Å²) in [6.07, 6.45) is 7.02. The van der Waals surface area contributed by atoms with Crippen LogP contribution in [0.4, 0.5) is 0 Å². The standard InChI is InChI=1S/C14H26N2O3/c1-3-7-19-14-9-11(5-6-13(14)18)8-12(4-2)16(15)10-17/h5-6,11-12,17-18H,3-4,7-10,15H2,1-2H3.